The van der Waals surface area contributed by atoms with Gasteiger partial charge in [-0.15, -0.1) is 0 Å². The van der Waals surface area contributed by atoms with E-state index in [-0.39, 0.29) is 11.5 Å². The lowest BCUT2D eigenvalue weighted by Crippen LogP contribution is -2.23. The van der Waals surface area contributed by atoms with Gasteiger partial charge in [-0.05, 0) is 39.8 Å². The van der Waals surface area contributed by atoms with E-state index < -0.39 is 0 Å². The summed E-state index contributed by atoms with van der Waals surface area (Å²) in [5, 5.41) is 8.10. The topological polar surface area (TPSA) is 81.9 Å². The van der Waals surface area contributed by atoms with E-state index in [1.54, 1.807) is 29.2 Å². The first kappa shape index (κ1) is 16.9. The number of hydrogen-bond acceptors (Lipinski definition) is 5. The molecule has 0 radical (unpaired) electrons. The molecule has 25 heavy (non-hydrogen) atoms. The third-order valence-electron chi connectivity index (χ3n) is 3.53. The lowest BCUT2D eigenvalue weighted by molar-refractivity contribution is 0.102. The predicted octanol–water partition coefficient (Wildman–Crippen LogP) is 3.10. The fourth-order valence-electron chi connectivity index (χ4n) is 2.50. The second kappa shape index (κ2) is 6.16. The third kappa shape index (κ3) is 3.76. The van der Waals surface area contributed by atoms with Gasteiger partial charge in [0.2, 0.25) is 5.88 Å². The highest BCUT2D eigenvalue weighted by Gasteiger charge is 2.15. The Morgan fingerprint density at radius 3 is 2.72 bits per heavy atom. The van der Waals surface area contributed by atoms with E-state index in [4.69, 9.17) is 4.74 Å². The Bertz CT molecular complexity index is 940. The first-order valence-electron chi connectivity index (χ1n) is 7.99. The van der Waals surface area contributed by atoms with E-state index in [1.807, 2.05) is 40.8 Å². The molecule has 7 nitrogen and oxygen atoms in total. The lowest BCUT2D eigenvalue weighted by Gasteiger charge is -2.20. The number of amides is 1. The molecule has 0 spiro atoms. The van der Waals surface area contributed by atoms with Crippen LogP contribution in [0.5, 0.6) is 5.88 Å². The highest BCUT2D eigenvalue weighted by molar-refractivity contribution is 6.05. The van der Waals surface area contributed by atoms with Crippen molar-refractivity contribution >= 4 is 22.6 Å². The summed E-state index contributed by atoms with van der Waals surface area (Å²) in [7, 11) is 1.84. The number of nitrogens with one attached hydrogen (secondary N) is 1. The molecule has 1 N–H and O–H groups in total. The van der Waals surface area contributed by atoms with Crippen molar-refractivity contribution in [2.24, 2.45) is 7.05 Å². The smallest absolute Gasteiger partial charge is 0.255 e. The summed E-state index contributed by atoms with van der Waals surface area (Å²) in [6.45, 7) is 7.70. The third-order valence-corrected chi connectivity index (χ3v) is 3.53. The van der Waals surface area contributed by atoms with Gasteiger partial charge in [0, 0.05) is 30.3 Å². The molecule has 0 saturated heterocycles. The second-order valence-electron chi connectivity index (χ2n) is 6.86. The van der Waals surface area contributed by atoms with Gasteiger partial charge >= 0.3 is 0 Å². The molecule has 0 aliphatic heterocycles. The minimum atomic E-state index is -0.380. The van der Waals surface area contributed by atoms with Crippen LogP contribution in [0, 0.1) is 6.92 Å². The van der Waals surface area contributed by atoms with Crippen LogP contribution in [0.3, 0.4) is 0 Å². The Morgan fingerprint density at radius 2 is 2.00 bits per heavy atom. The van der Waals surface area contributed by atoms with Crippen LogP contribution in [0.1, 0.15) is 36.8 Å². The summed E-state index contributed by atoms with van der Waals surface area (Å²) in [4.78, 5) is 21.0. The predicted molar refractivity (Wildman–Crippen MR) is 95.8 cm³/mol. The first-order valence-corrected chi connectivity index (χ1v) is 7.99. The number of nitrogens with zero attached hydrogens (tertiary/aromatic N) is 4. The summed E-state index contributed by atoms with van der Waals surface area (Å²) in [5.41, 5.74) is 2.35. The molecule has 3 heterocycles. The van der Waals surface area contributed by atoms with Crippen molar-refractivity contribution in [3.63, 3.8) is 0 Å². The number of carbonyl (C=O) groups is 1. The Morgan fingerprint density at radius 1 is 1.24 bits per heavy atom. The van der Waals surface area contributed by atoms with Crippen LogP contribution in [-0.4, -0.2) is 31.3 Å². The molecule has 0 aliphatic carbocycles. The summed E-state index contributed by atoms with van der Waals surface area (Å²) in [6, 6.07) is 5.14. The number of hydrogen-bond donors (Lipinski definition) is 1. The summed E-state index contributed by atoms with van der Waals surface area (Å²) >= 11 is 0. The van der Waals surface area contributed by atoms with Crippen LogP contribution in [0.25, 0.3) is 11.0 Å². The number of ether oxygens (including phenoxy) is 1. The highest BCUT2D eigenvalue weighted by Crippen LogP contribution is 2.21. The van der Waals surface area contributed by atoms with Crippen molar-refractivity contribution in [3.8, 4) is 5.88 Å². The molecule has 0 aliphatic rings. The Balaban J connectivity index is 1.82. The number of aromatic nitrogens is 4. The quantitative estimate of drug-likeness (QED) is 0.793. The van der Waals surface area contributed by atoms with Gasteiger partial charge in [-0.1, -0.05) is 0 Å². The molecule has 0 saturated carbocycles. The molecule has 0 fully saturated rings. The maximum atomic E-state index is 12.5. The lowest BCUT2D eigenvalue weighted by atomic mass is 10.2. The van der Waals surface area contributed by atoms with Crippen LogP contribution in [-0.2, 0) is 7.05 Å². The molecule has 3 aromatic rings. The van der Waals surface area contributed by atoms with Gasteiger partial charge in [0.15, 0.2) is 5.65 Å². The van der Waals surface area contributed by atoms with E-state index >= 15 is 0 Å². The maximum absolute atomic E-state index is 12.5. The van der Waals surface area contributed by atoms with Crippen molar-refractivity contribution < 1.29 is 9.53 Å². The monoisotopic (exact) mass is 339 g/mol. The van der Waals surface area contributed by atoms with E-state index in [0.29, 0.717) is 17.1 Å². The Kier molecular flexibility index (Phi) is 4.16. The number of anilines is 1. The van der Waals surface area contributed by atoms with Crippen LogP contribution >= 0.6 is 0 Å². The van der Waals surface area contributed by atoms with Crippen molar-refractivity contribution in [3.05, 3.63) is 41.9 Å². The molecule has 130 valence electrons. The van der Waals surface area contributed by atoms with E-state index in [2.05, 4.69) is 20.4 Å². The Labute approximate surface area is 146 Å². The summed E-state index contributed by atoms with van der Waals surface area (Å²) < 4.78 is 7.42. The maximum Gasteiger partial charge on any atom is 0.255 e. The van der Waals surface area contributed by atoms with Crippen molar-refractivity contribution in [1.29, 1.82) is 0 Å². The average Bonchev–Trinajstić information content (AvgIpc) is 2.80. The van der Waals surface area contributed by atoms with Crippen LogP contribution < -0.4 is 10.1 Å². The number of carbonyl (C=O) groups excluding carboxylic acids is 1. The normalized spacial score (nSPS) is 11.6. The van der Waals surface area contributed by atoms with Gasteiger partial charge in [-0.3, -0.25) is 9.48 Å². The molecule has 0 atom stereocenters. The van der Waals surface area contributed by atoms with Gasteiger partial charge in [-0.2, -0.15) is 5.10 Å². The molecule has 7 heteroatoms. The van der Waals surface area contributed by atoms with Crippen LogP contribution in [0.4, 0.5) is 5.69 Å². The SMILES string of the molecule is Cc1nn(C)c2ncc(NC(=O)c3ccnc(OC(C)(C)C)c3)cc12. The van der Waals surface area contributed by atoms with Crippen molar-refractivity contribution in [2.75, 3.05) is 5.32 Å². The second-order valence-corrected chi connectivity index (χ2v) is 6.86. The van der Waals surface area contributed by atoms with Gasteiger partial charge in [-0.25, -0.2) is 9.97 Å². The van der Waals surface area contributed by atoms with Gasteiger partial charge in [0.25, 0.3) is 5.91 Å². The van der Waals surface area contributed by atoms with Crippen molar-refractivity contribution in [1.82, 2.24) is 19.7 Å². The van der Waals surface area contributed by atoms with Crippen molar-refractivity contribution in [2.45, 2.75) is 33.3 Å². The first-order chi connectivity index (χ1) is 11.7. The van der Waals surface area contributed by atoms with E-state index in [0.717, 1.165) is 16.7 Å². The largest absolute Gasteiger partial charge is 0.472 e. The molecule has 3 rings (SSSR count). The van der Waals surface area contributed by atoms with E-state index in [1.165, 1.54) is 0 Å². The van der Waals surface area contributed by atoms with Gasteiger partial charge in [0.05, 0.1) is 17.6 Å². The summed E-state index contributed by atoms with van der Waals surface area (Å²) in [5.74, 6) is 0.167. The molecular formula is C18H21N5O2. The molecule has 0 aromatic carbocycles. The fourth-order valence-corrected chi connectivity index (χ4v) is 2.50. The molecule has 3 aromatic heterocycles. The zero-order valence-corrected chi connectivity index (χ0v) is 15.0. The Hall–Kier alpha value is -2.96. The van der Waals surface area contributed by atoms with Crippen LogP contribution in [0.2, 0.25) is 0 Å². The minimum absolute atomic E-state index is 0.246. The number of pyridine rings is 2. The molecular weight excluding hydrogens is 318 g/mol. The summed E-state index contributed by atoms with van der Waals surface area (Å²) in [6.07, 6.45) is 3.18. The average molecular weight is 339 g/mol. The van der Waals surface area contributed by atoms with Crippen LogP contribution in [0.15, 0.2) is 30.6 Å². The minimum Gasteiger partial charge on any atom is -0.472 e. The van der Waals surface area contributed by atoms with Gasteiger partial charge < -0.3 is 10.1 Å². The highest BCUT2D eigenvalue weighted by atomic mass is 16.5. The fraction of sp³-hybridized carbons (Fsp3) is 0.333. The number of aryl methyl sites for hydroxylation is 2. The number of fused-ring (bicyclic) bond motifs is 1. The van der Waals surface area contributed by atoms with E-state index in [9.17, 15) is 4.79 Å². The zero-order chi connectivity index (χ0) is 18.2. The van der Waals surface area contributed by atoms with Gasteiger partial charge in [0.1, 0.15) is 5.60 Å². The standard InChI is InChI=1S/C18H21N5O2/c1-11-14-9-13(10-20-16(14)23(5)22-11)21-17(24)12-6-7-19-15(8-12)25-18(2,3)4/h6-10H,1-5H3,(H,21,24). The molecule has 0 bridgehead atoms. The molecule has 1 amide bonds. The number of rotatable bonds is 3. The zero-order valence-electron chi connectivity index (χ0n) is 15.0. The molecule has 0 unspecified atom stereocenters.